The summed E-state index contributed by atoms with van der Waals surface area (Å²) in [4.78, 5) is 9.72. The van der Waals surface area contributed by atoms with Gasteiger partial charge in [-0.25, -0.2) is 0 Å². The van der Waals surface area contributed by atoms with E-state index in [1.165, 1.54) is 6.07 Å². The van der Waals surface area contributed by atoms with Gasteiger partial charge in [0.05, 0.1) is 4.92 Å². The minimum Gasteiger partial charge on any atom is -0.489 e. The average Bonchev–Trinajstić information content (AvgIpc) is 2.37. The van der Waals surface area contributed by atoms with Crippen molar-refractivity contribution >= 4 is 21.6 Å². The van der Waals surface area contributed by atoms with Crippen molar-refractivity contribution in [3.8, 4) is 5.75 Å². The maximum absolute atomic E-state index is 13.4. The fourth-order valence-corrected chi connectivity index (χ4v) is 1.75. The minimum absolute atomic E-state index is 0.149. The first-order chi connectivity index (χ1) is 9.06. The summed E-state index contributed by atoms with van der Waals surface area (Å²) in [5.74, 6) is -0.219. The molecule has 0 saturated carbocycles. The molecular weight excluding hydrogens is 317 g/mol. The Labute approximate surface area is 117 Å². The van der Waals surface area contributed by atoms with Crippen LogP contribution in [0.5, 0.6) is 5.75 Å². The molecule has 0 bridgehead atoms. The SMILES string of the molecule is O=[N+]([O-])c1ccc(COc2ccc(Br)cc2)cc1F. The topological polar surface area (TPSA) is 52.4 Å². The van der Waals surface area contributed by atoms with Crippen molar-refractivity contribution in [3.05, 3.63) is 68.4 Å². The first-order valence-electron chi connectivity index (χ1n) is 5.37. The normalized spacial score (nSPS) is 10.2. The summed E-state index contributed by atoms with van der Waals surface area (Å²) < 4.78 is 19.8. The summed E-state index contributed by atoms with van der Waals surface area (Å²) in [6.45, 7) is 0.149. The van der Waals surface area contributed by atoms with Crippen LogP contribution in [0.4, 0.5) is 10.1 Å². The highest BCUT2D eigenvalue weighted by Gasteiger charge is 2.13. The molecule has 98 valence electrons. The zero-order valence-electron chi connectivity index (χ0n) is 9.68. The fraction of sp³-hybridized carbons (Fsp3) is 0.0769. The molecule has 2 rings (SSSR count). The van der Waals surface area contributed by atoms with Crippen LogP contribution in [-0.2, 0) is 6.61 Å². The van der Waals surface area contributed by atoms with Gasteiger partial charge in [0.2, 0.25) is 5.82 Å². The van der Waals surface area contributed by atoms with E-state index in [1.54, 1.807) is 12.1 Å². The van der Waals surface area contributed by atoms with Crippen molar-refractivity contribution in [3.63, 3.8) is 0 Å². The summed E-state index contributed by atoms with van der Waals surface area (Å²) in [5, 5.41) is 10.5. The molecule has 0 amide bonds. The number of rotatable bonds is 4. The quantitative estimate of drug-likeness (QED) is 0.628. The Bertz CT molecular complexity index is 601. The Hall–Kier alpha value is -1.95. The van der Waals surface area contributed by atoms with Crippen LogP contribution in [-0.4, -0.2) is 4.92 Å². The molecule has 0 radical (unpaired) electrons. The third kappa shape index (κ3) is 3.51. The van der Waals surface area contributed by atoms with Gasteiger partial charge in [-0.3, -0.25) is 10.1 Å². The van der Waals surface area contributed by atoms with Gasteiger partial charge < -0.3 is 4.74 Å². The van der Waals surface area contributed by atoms with Crippen LogP contribution in [0.25, 0.3) is 0 Å². The predicted molar refractivity (Wildman–Crippen MR) is 71.5 cm³/mol. The Morgan fingerprint density at radius 1 is 1.21 bits per heavy atom. The van der Waals surface area contributed by atoms with E-state index in [2.05, 4.69) is 15.9 Å². The van der Waals surface area contributed by atoms with Crippen molar-refractivity contribution in [2.75, 3.05) is 0 Å². The van der Waals surface area contributed by atoms with Gasteiger partial charge in [0.1, 0.15) is 12.4 Å². The van der Waals surface area contributed by atoms with Crippen LogP contribution >= 0.6 is 15.9 Å². The van der Waals surface area contributed by atoms with Gasteiger partial charge in [-0.15, -0.1) is 0 Å². The third-order valence-corrected chi connectivity index (χ3v) is 2.96. The van der Waals surface area contributed by atoms with Gasteiger partial charge >= 0.3 is 5.69 Å². The monoisotopic (exact) mass is 325 g/mol. The first kappa shape index (κ1) is 13.5. The average molecular weight is 326 g/mol. The molecule has 6 heteroatoms. The van der Waals surface area contributed by atoms with E-state index in [9.17, 15) is 14.5 Å². The number of benzene rings is 2. The van der Waals surface area contributed by atoms with Crippen LogP contribution in [0, 0.1) is 15.9 Å². The smallest absolute Gasteiger partial charge is 0.304 e. The van der Waals surface area contributed by atoms with E-state index >= 15 is 0 Å². The van der Waals surface area contributed by atoms with Crippen LogP contribution in [0.1, 0.15) is 5.56 Å². The first-order valence-corrected chi connectivity index (χ1v) is 6.17. The maximum atomic E-state index is 13.4. The van der Waals surface area contributed by atoms with Gasteiger partial charge in [0.25, 0.3) is 0 Å². The van der Waals surface area contributed by atoms with Gasteiger partial charge in [-0.2, -0.15) is 4.39 Å². The van der Waals surface area contributed by atoms with Crippen LogP contribution in [0.3, 0.4) is 0 Å². The molecule has 0 N–H and O–H groups in total. The molecule has 0 fully saturated rings. The predicted octanol–water partition coefficient (Wildman–Crippen LogP) is 4.08. The molecule has 19 heavy (non-hydrogen) atoms. The lowest BCUT2D eigenvalue weighted by atomic mass is 10.2. The van der Waals surface area contributed by atoms with E-state index in [0.29, 0.717) is 11.3 Å². The number of halogens is 2. The summed E-state index contributed by atoms with van der Waals surface area (Å²) >= 11 is 3.30. The van der Waals surface area contributed by atoms with Crippen molar-refractivity contribution in [2.24, 2.45) is 0 Å². The van der Waals surface area contributed by atoms with Gasteiger partial charge in [0.15, 0.2) is 0 Å². The molecule has 0 aliphatic carbocycles. The van der Waals surface area contributed by atoms with Crippen molar-refractivity contribution in [2.45, 2.75) is 6.61 Å². The molecule has 0 saturated heterocycles. The van der Waals surface area contributed by atoms with E-state index in [-0.39, 0.29) is 6.61 Å². The second-order valence-electron chi connectivity index (χ2n) is 3.79. The number of hydrogen-bond acceptors (Lipinski definition) is 3. The Morgan fingerprint density at radius 3 is 2.47 bits per heavy atom. The van der Waals surface area contributed by atoms with E-state index in [4.69, 9.17) is 4.74 Å². The molecular formula is C13H9BrFNO3. The lowest BCUT2D eigenvalue weighted by Gasteiger charge is -2.06. The number of hydrogen-bond donors (Lipinski definition) is 0. The van der Waals surface area contributed by atoms with E-state index in [0.717, 1.165) is 16.6 Å². The van der Waals surface area contributed by atoms with Crippen molar-refractivity contribution < 1.29 is 14.1 Å². The number of nitrogens with zero attached hydrogens (tertiary/aromatic N) is 1. The second-order valence-corrected chi connectivity index (χ2v) is 4.70. The Kier molecular flexibility index (Phi) is 4.11. The van der Waals surface area contributed by atoms with Gasteiger partial charge in [-0.1, -0.05) is 15.9 Å². The highest BCUT2D eigenvalue weighted by atomic mass is 79.9. The van der Waals surface area contributed by atoms with Crippen LogP contribution < -0.4 is 4.74 Å². The fourth-order valence-electron chi connectivity index (χ4n) is 1.49. The van der Waals surface area contributed by atoms with E-state index in [1.807, 2.05) is 12.1 Å². The van der Waals surface area contributed by atoms with Gasteiger partial charge in [0, 0.05) is 10.5 Å². The molecule has 0 aliphatic rings. The van der Waals surface area contributed by atoms with Crippen LogP contribution in [0.2, 0.25) is 0 Å². The molecule has 0 atom stereocenters. The van der Waals surface area contributed by atoms with E-state index < -0.39 is 16.4 Å². The third-order valence-electron chi connectivity index (χ3n) is 2.43. The molecule has 0 heterocycles. The molecule has 2 aromatic carbocycles. The Morgan fingerprint density at radius 2 is 1.89 bits per heavy atom. The summed E-state index contributed by atoms with van der Waals surface area (Å²) in [7, 11) is 0. The van der Waals surface area contributed by atoms with Crippen molar-refractivity contribution in [1.29, 1.82) is 0 Å². The molecule has 0 aromatic heterocycles. The minimum atomic E-state index is -0.859. The molecule has 0 spiro atoms. The maximum Gasteiger partial charge on any atom is 0.304 e. The summed E-state index contributed by atoms with van der Waals surface area (Å²) in [6, 6.07) is 10.9. The summed E-state index contributed by atoms with van der Waals surface area (Å²) in [6.07, 6.45) is 0. The molecule has 4 nitrogen and oxygen atoms in total. The summed E-state index contributed by atoms with van der Waals surface area (Å²) in [5.41, 5.74) is -0.00147. The molecule has 0 unspecified atom stereocenters. The number of nitro groups is 1. The zero-order chi connectivity index (χ0) is 13.8. The standard InChI is InChI=1S/C13H9BrFNO3/c14-10-2-4-11(5-3-10)19-8-9-1-6-13(16(17)18)12(15)7-9/h1-7H,8H2. The highest BCUT2D eigenvalue weighted by Crippen LogP contribution is 2.20. The van der Waals surface area contributed by atoms with Crippen LogP contribution in [0.15, 0.2) is 46.9 Å². The molecule has 2 aromatic rings. The lowest BCUT2D eigenvalue weighted by Crippen LogP contribution is -1.98. The van der Waals surface area contributed by atoms with Gasteiger partial charge in [-0.05, 0) is 42.0 Å². The zero-order valence-corrected chi connectivity index (χ0v) is 11.3. The largest absolute Gasteiger partial charge is 0.489 e. The number of nitro benzene ring substituents is 1. The highest BCUT2D eigenvalue weighted by molar-refractivity contribution is 9.10. The lowest BCUT2D eigenvalue weighted by molar-refractivity contribution is -0.387. The molecule has 0 aliphatic heterocycles. The second kappa shape index (κ2) is 5.79. The Balaban J connectivity index is 2.06. The van der Waals surface area contributed by atoms with Crippen molar-refractivity contribution in [1.82, 2.24) is 0 Å². The number of ether oxygens (including phenoxy) is 1.